The van der Waals surface area contributed by atoms with Crippen molar-refractivity contribution in [3.63, 3.8) is 0 Å². The van der Waals surface area contributed by atoms with E-state index in [1.165, 1.54) is 6.42 Å². The maximum atomic E-state index is 11.3. The number of ether oxygens (including phenoxy) is 1. The van der Waals surface area contributed by atoms with Crippen LogP contribution in [0.25, 0.3) is 10.9 Å². The van der Waals surface area contributed by atoms with E-state index in [2.05, 4.69) is 38.5 Å². The molecule has 2 aromatic rings. The lowest BCUT2D eigenvalue weighted by atomic mass is 9.73. The molecule has 0 saturated carbocycles. The number of rotatable bonds is 4. The number of fused-ring (bicyclic) bond motifs is 4. The molecule has 1 aromatic carbocycles. The van der Waals surface area contributed by atoms with Crippen LogP contribution >= 0.6 is 15.9 Å². The van der Waals surface area contributed by atoms with Crippen LogP contribution in [-0.2, 0) is 0 Å². The summed E-state index contributed by atoms with van der Waals surface area (Å²) in [5, 5.41) is 12.2. The van der Waals surface area contributed by atoms with Gasteiger partial charge in [-0.15, -0.1) is 6.58 Å². The minimum atomic E-state index is -0.539. The van der Waals surface area contributed by atoms with Crippen molar-refractivity contribution in [2.75, 3.05) is 20.2 Å². The van der Waals surface area contributed by atoms with E-state index in [-0.39, 0.29) is 6.04 Å². The van der Waals surface area contributed by atoms with E-state index in [0.717, 1.165) is 46.3 Å². The molecule has 132 valence electrons. The number of aromatic nitrogens is 1. The fraction of sp³-hybridized carbons (Fsp3) is 0.450. The number of hydrogen-bond acceptors (Lipinski definition) is 4. The number of pyridine rings is 1. The number of piperidine rings is 3. The maximum Gasteiger partial charge on any atom is 0.119 e. The topological polar surface area (TPSA) is 45.6 Å². The Kier molecular flexibility index (Phi) is 4.56. The largest absolute Gasteiger partial charge is 0.497 e. The average Bonchev–Trinajstić information content (AvgIpc) is 2.66. The third-order valence-corrected chi connectivity index (χ3v) is 6.26. The summed E-state index contributed by atoms with van der Waals surface area (Å²) in [7, 11) is 1.66. The van der Waals surface area contributed by atoms with Gasteiger partial charge in [0.2, 0.25) is 0 Å². The molecule has 0 radical (unpaired) electrons. The second-order valence-electron chi connectivity index (χ2n) is 7.11. The van der Waals surface area contributed by atoms with Gasteiger partial charge in [-0.2, -0.15) is 0 Å². The molecule has 3 saturated heterocycles. The molecule has 5 rings (SSSR count). The van der Waals surface area contributed by atoms with E-state index >= 15 is 0 Å². The van der Waals surface area contributed by atoms with Gasteiger partial charge < -0.3 is 9.84 Å². The van der Waals surface area contributed by atoms with Crippen LogP contribution in [0.3, 0.4) is 0 Å². The number of benzene rings is 1. The van der Waals surface area contributed by atoms with E-state index in [1.54, 1.807) is 7.11 Å². The number of aliphatic hydroxyl groups excluding tert-OH is 1. The smallest absolute Gasteiger partial charge is 0.119 e. The molecule has 2 bridgehead atoms. The van der Waals surface area contributed by atoms with Crippen molar-refractivity contribution in [3.05, 3.63) is 47.1 Å². The Labute approximate surface area is 156 Å². The highest BCUT2D eigenvalue weighted by molar-refractivity contribution is 9.10. The van der Waals surface area contributed by atoms with Crippen molar-refractivity contribution in [2.24, 2.45) is 11.8 Å². The third-order valence-electron chi connectivity index (χ3n) is 5.85. The first-order valence-corrected chi connectivity index (χ1v) is 9.59. The Morgan fingerprint density at radius 3 is 2.96 bits per heavy atom. The molecule has 1 aromatic heterocycles. The van der Waals surface area contributed by atoms with E-state index in [4.69, 9.17) is 4.74 Å². The summed E-state index contributed by atoms with van der Waals surface area (Å²) >= 11 is 3.49. The van der Waals surface area contributed by atoms with E-state index in [9.17, 15) is 5.11 Å². The highest BCUT2D eigenvalue weighted by atomic mass is 79.9. The van der Waals surface area contributed by atoms with Crippen LogP contribution in [0.4, 0.5) is 0 Å². The van der Waals surface area contributed by atoms with Crippen molar-refractivity contribution in [3.8, 4) is 5.75 Å². The molecule has 0 spiro atoms. The standard InChI is InChI=1S/C20H23BrN2O2/c1-3-12-11-23-7-6-13(12)8-18(23)20(24)16-10-19(21)22-17-5-4-14(25-2)9-15(16)17/h3-5,9-10,12-13,18,20,24H,1,6-8,11H2,2H3/t12-,13?,18-,20+/m0/s1. The molecule has 5 atom stereocenters. The molecule has 0 amide bonds. The van der Waals surface area contributed by atoms with Gasteiger partial charge in [0.1, 0.15) is 10.4 Å². The van der Waals surface area contributed by atoms with Crippen LogP contribution in [-0.4, -0.2) is 41.2 Å². The lowest BCUT2D eigenvalue weighted by Crippen LogP contribution is -2.54. The molecule has 2 unspecified atom stereocenters. The Morgan fingerprint density at radius 1 is 1.44 bits per heavy atom. The van der Waals surface area contributed by atoms with Gasteiger partial charge in [0, 0.05) is 18.0 Å². The summed E-state index contributed by atoms with van der Waals surface area (Å²) in [4.78, 5) is 6.96. The second-order valence-corrected chi connectivity index (χ2v) is 7.92. The van der Waals surface area contributed by atoms with Crippen molar-refractivity contribution in [1.29, 1.82) is 0 Å². The Balaban J connectivity index is 1.73. The molecular formula is C20H23BrN2O2. The average molecular weight is 403 g/mol. The Morgan fingerprint density at radius 2 is 2.28 bits per heavy atom. The zero-order valence-corrected chi connectivity index (χ0v) is 15.9. The van der Waals surface area contributed by atoms with Gasteiger partial charge in [0.25, 0.3) is 0 Å². The van der Waals surface area contributed by atoms with Crippen molar-refractivity contribution >= 4 is 26.8 Å². The quantitative estimate of drug-likeness (QED) is 0.621. The van der Waals surface area contributed by atoms with Crippen molar-refractivity contribution in [1.82, 2.24) is 9.88 Å². The number of hydrogen-bond donors (Lipinski definition) is 1. The summed E-state index contributed by atoms with van der Waals surface area (Å²) in [6.07, 6.45) is 3.77. The lowest BCUT2D eigenvalue weighted by Gasteiger charge is -2.50. The van der Waals surface area contributed by atoms with E-state index < -0.39 is 6.10 Å². The van der Waals surface area contributed by atoms with Gasteiger partial charge in [-0.05, 0) is 77.0 Å². The predicted molar refractivity (Wildman–Crippen MR) is 103 cm³/mol. The predicted octanol–water partition coefficient (Wildman–Crippen LogP) is 3.94. The van der Waals surface area contributed by atoms with Gasteiger partial charge in [0.15, 0.2) is 0 Å². The molecular weight excluding hydrogens is 380 g/mol. The summed E-state index contributed by atoms with van der Waals surface area (Å²) in [5.41, 5.74) is 1.78. The Bertz CT molecular complexity index is 810. The highest BCUT2D eigenvalue weighted by Crippen LogP contribution is 2.42. The molecule has 0 aliphatic carbocycles. The molecule has 4 heterocycles. The molecule has 3 aliphatic heterocycles. The highest BCUT2D eigenvalue weighted by Gasteiger charge is 2.42. The minimum absolute atomic E-state index is 0.152. The van der Waals surface area contributed by atoms with Crippen LogP contribution in [0.1, 0.15) is 24.5 Å². The number of nitrogens with zero attached hydrogens (tertiary/aromatic N) is 2. The minimum Gasteiger partial charge on any atom is -0.497 e. The first kappa shape index (κ1) is 17.0. The maximum absolute atomic E-state index is 11.3. The molecule has 5 heteroatoms. The van der Waals surface area contributed by atoms with Crippen molar-refractivity contribution < 1.29 is 9.84 Å². The zero-order valence-electron chi connectivity index (χ0n) is 14.4. The van der Waals surface area contributed by atoms with Gasteiger partial charge in [-0.1, -0.05) is 6.08 Å². The molecule has 3 fully saturated rings. The van der Waals surface area contributed by atoms with E-state index in [1.807, 2.05) is 24.3 Å². The molecule has 1 N–H and O–H groups in total. The third kappa shape index (κ3) is 2.98. The number of halogens is 1. The molecule has 3 aliphatic rings. The summed E-state index contributed by atoms with van der Waals surface area (Å²) in [6, 6.07) is 7.91. The molecule has 25 heavy (non-hydrogen) atoms. The summed E-state index contributed by atoms with van der Waals surface area (Å²) in [6.45, 7) is 6.05. The fourth-order valence-corrected chi connectivity index (χ4v) is 4.92. The number of methoxy groups -OCH3 is 1. The van der Waals surface area contributed by atoms with Crippen LogP contribution in [0.5, 0.6) is 5.75 Å². The fourth-order valence-electron chi connectivity index (χ4n) is 4.48. The van der Waals surface area contributed by atoms with Gasteiger partial charge >= 0.3 is 0 Å². The summed E-state index contributed by atoms with van der Waals surface area (Å²) < 4.78 is 6.12. The monoisotopic (exact) mass is 402 g/mol. The van der Waals surface area contributed by atoms with Gasteiger partial charge in [-0.3, -0.25) is 4.90 Å². The van der Waals surface area contributed by atoms with Crippen molar-refractivity contribution in [2.45, 2.75) is 25.0 Å². The first-order valence-electron chi connectivity index (χ1n) is 8.79. The Hall–Kier alpha value is -1.43. The SMILES string of the molecule is C=C[C@H]1CN2CCC1C[C@H]2[C@H](O)c1cc(Br)nc2ccc(OC)cc12. The van der Waals surface area contributed by atoms with E-state index in [0.29, 0.717) is 11.8 Å². The second kappa shape index (κ2) is 6.71. The lowest BCUT2D eigenvalue weighted by molar-refractivity contribution is -0.0445. The summed E-state index contributed by atoms with van der Waals surface area (Å²) in [5.74, 6) is 1.97. The normalized spacial score (nSPS) is 29.6. The van der Waals surface area contributed by atoms with Crippen LogP contribution in [0.15, 0.2) is 41.5 Å². The van der Waals surface area contributed by atoms with Crippen LogP contribution in [0.2, 0.25) is 0 Å². The van der Waals surface area contributed by atoms with Crippen LogP contribution in [0, 0.1) is 11.8 Å². The molecule has 4 nitrogen and oxygen atoms in total. The number of aliphatic hydroxyl groups is 1. The van der Waals surface area contributed by atoms with Crippen LogP contribution < -0.4 is 4.74 Å². The zero-order chi connectivity index (χ0) is 17.6. The van der Waals surface area contributed by atoms with Gasteiger partial charge in [-0.25, -0.2) is 4.98 Å². The first-order chi connectivity index (χ1) is 12.1. The van der Waals surface area contributed by atoms with Gasteiger partial charge in [0.05, 0.1) is 18.7 Å².